The lowest BCUT2D eigenvalue weighted by molar-refractivity contribution is -1.02. The number of quaternary nitrogens is 1. The zero-order valence-electron chi connectivity index (χ0n) is 22.1. The molecule has 1 aromatic heterocycles. The van der Waals surface area contributed by atoms with Gasteiger partial charge in [0.1, 0.15) is 36.1 Å². The molecular weight excluding hydrogens is 570 g/mol. The van der Waals surface area contributed by atoms with Gasteiger partial charge in [-0.25, -0.2) is 19.3 Å². The predicted molar refractivity (Wildman–Crippen MR) is 142 cm³/mol. The number of fused-ring (bicyclic) bond motifs is 1. The minimum absolute atomic E-state index is 0.0999. The Morgan fingerprint density at radius 3 is 2.55 bits per heavy atom. The van der Waals surface area contributed by atoms with Crippen LogP contribution >= 0.6 is 11.6 Å². The van der Waals surface area contributed by atoms with Crippen molar-refractivity contribution in [2.24, 2.45) is 10.7 Å². The van der Waals surface area contributed by atoms with Crippen molar-refractivity contribution in [1.29, 1.82) is 0 Å². The number of aliphatic hydroxyl groups is 2. The van der Waals surface area contributed by atoms with Gasteiger partial charge in [0.05, 0.1) is 38.1 Å². The lowest BCUT2D eigenvalue weighted by Gasteiger charge is -2.46. The van der Waals surface area contributed by atoms with Crippen LogP contribution in [-0.2, 0) is 19.2 Å². The third kappa shape index (κ3) is 5.53. The monoisotopic (exact) mass is 602 g/mol. The molecule has 0 spiro atoms. The molecule has 6 N–H and O–H groups in total. The fraction of sp³-hybridized carbons (Fsp3) is 0.522. The molecule has 1 aromatic carbocycles. The quantitative estimate of drug-likeness (QED) is 0.234. The minimum atomic E-state index is -4.70. The number of amides is 1. The van der Waals surface area contributed by atoms with E-state index in [1.165, 1.54) is 17.0 Å². The SMILES string of the molecule is CC[N+](CC)(CC)N1C=Nc2c(ncn2[C@@H]2O[C@H](COS(=O)(=O)NC(=O)c3cc(Cl)ccc3O)C(O)C2O)C1N. The van der Waals surface area contributed by atoms with Crippen LogP contribution in [0.3, 0.4) is 0 Å². The topological polar surface area (TPSA) is 202 Å². The maximum Gasteiger partial charge on any atom is 0.362 e. The fourth-order valence-corrected chi connectivity index (χ4v) is 5.76. The molecule has 40 heavy (non-hydrogen) atoms. The molecular formula is C23H33ClN7O8S+. The van der Waals surface area contributed by atoms with E-state index in [0.29, 0.717) is 16.1 Å². The number of carbonyl (C=O) groups excluding carboxylic acids is 1. The second-order valence-corrected chi connectivity index (χ2v) is 11.1. The van der Waals surface area contributed by atoms with Gasteiger partial charge < -0.3 is 25.8 Å². The predicted octanol–water partition coefficient (Wildman–Crippen LogP) is 0.277. The van der Waals surface area contributed by atoms with Crippen molar-refractivity contribution in [2.45, 2.75) is 51.5 Å². The van der Waals surface area contributed by atoms with E-state index in [2.05, 4.69) is 30.7 Å². The summed E-state index contributed by atoms with van der Waals surface area (Å²) in [6.07, 6.45) is -3.16. The third-order valence-corrected chi connectivity index (χ3v) is 8.45. The molecule has 3 unspecified atom stereocenters. The van der Waals surface area contributed by atoms with Crippen molar-refractivity contribution in [1.82, 2.24) is 19.3 Å². The Morgan fingerprint density at radius 2 is 1.90 bits per heavy atom. The van der Waals surface area contributed by atoms with Crippen molar-refractivity contribution in [2.75, 3.05) is 26.2 Å². The number of nitrogens with zero attached hydrogens (tertiary/aromatic N) is 5. The van der Waals surface area contributed by atoms with E-state index >= 15 is 0 Å². The van der Waals surface area contributed by atoms with Crippen molar-refractivity contribution in [3.05, 3.63) is 40.8 Å². The van der Waals surface area contributed by atoms with Crippen LogP contribution < -0.4 is 10.5 Å². The van der Waals surface area contributed by atoms with Crippen LogP contribution in [0, 0.1) is 0 Å². The number of aliphatic hydroxyl groups excluding tert-OH is 2. The second kappa shape index (κ2) is 11.6. The molecule has 1 amide bonds. The van der Waals surface area contributed by atoms with Gasteiger partial charge in [-0.2, -0.15) is 13.4 Å². The first-order chi connectivity index (χ1) is 18.9. The number of halogens is 1. The Labute approximate surface area is 236 Å². The van der Waals surface area contributed by atoms with Crippen LogP contribution in [-0.4, -0.2) is 99.7 Å². The van der Waals surface area contributed by atoms with Gasteiger partial charge in [-0.1, -0.05) is 11.6 Å². The normalized spacial score (nSPS) is 24.8. The molecule has 5 atom stereocenters. The second-order valence-electron chi connectivity index (χ2n) is 9.35. The van der Waals surface area contributed by atoms with Gasteiger partial charge in [0.2, 0.25) is 0 Å². The van der Waals surface area contributed by atoms with Gasteiger partial charge >= 0.3 is 10.3 Å². The van der Waals surface area contributed by atoms with E-state index in [1.54, 1.807) is 11.1 Å². The van der Waals surface area contributed by atoms with Crippen molar-refractivity contribution < 1.29 is 42.0 Å². The maximum absolute atomic E-state index is 12.4. The molecule has 2 aliphatic rings. The molecule has 220 valence electrons. The van der Waals surface area contributed by atoms with Crippen LogP contribution in [0.5, 0.6) is 5.75 Å². The molecule has 2 aliphatic heterocycles. The third-order valence-electron chi connectivity index (χ3n) is 7.33. The number of aliphatic imine (C=N–C) groups is 1. The van der Waals surface area contributed by atoms with E-state index in [9.17, 15) is 28.5 Å². The lowest BCUT2D eigenvalue weighted by atomic mass is 10.1. The molecule has 1 fully saturated rings. The molecule has 0 aliphatic carbocycles. The Kier molecular flexibility index (Phi) is 8.72. The number of phenolic OH excluding ortho intramolecular Hbond substituents is 1. The number of hydrogen-bond acceptors (Lipinski definition) is 12. The molecule has 0 bridgehead atoms. The minimum Gasteiger partial charge on any atom is -0.507 e. The van der Waals surface area contributed by atoms with E-state index in [1.807, 2.05) is 5.01 Å². The van der Waals surface area contributed by atoms with Crippen LogP contribution in [0.2, 0.25) is 5.02 Å². The maximum atomic E-state index is 12.4. The number of benzene rings is 1. The molecule has 0 radical (unpaired) electrons. The summed E-state index contributed by atoms with van der Waals surface area (Å²) in [4.78, 5) is 21.2. The Hall–Kier alpha value is -2.83. The number of aromatic nitrogens is 2. The summed E-state index contributed by atoms with van der Waals surface area (Å²) in [5.41, 5.74) is 6.60. The number of hydrogen-bond donors (Lipinski definition) is 5. The molecule has 17 heteroatoms. The number of nitrogens with two attached hydrogens (primary N) is 1. The average Bonchev–Trinajstić information content (AvgIpc) is 3.47. The van der Waals surface area contributed by atoms with E-state index in [-0.39, 0.29) is 10.6 Å². The Balaban J connectivity index is 1.45. The Morgan fingerprint density at radius 1 is 1.23 bits per heavy atom. The van der Waals surface area contributed by atoms with Crippen LogP contribution in [0.25, 0.3) is 0 Å². The van der Waals surface area contributed by atoms with Gasteiger partial charge in [0.15, 0.2) is 18.2 Å². The summed E-state index contributed by atoms with van der Waals surface area (Å²) in [5, 5.41) is 33.1. The summed E-state index contributed by atoms with van der Waals surface area (Å²) >= 11 is 5.80. The average molecular weight is 603 g/mol. The smallest absolute Gasteiger partial charge is 0.362 e. The summed E-state index contributed by atoms with van der Waals surface area (Å²) in [5.74, 6) is -1.35. The highest BCUT2D eigenvalue weighted by molar-refractivity contribution is 7.85. The molecule has 0 saturated carbocycles. The van der Waals surface area contributed by atoms with Crippen molar-refractivity contribution in [3.8, 4) is 5.75 Å². The largest absolute Gasteiger partial charge is 0.507 e. The zero-order chi connectivity index (χ0) is 29.4. The van der Waals surface area contributed by atoms with Gasteiger partial charge in [-0.3, -0.25) is 13.5 Å². The zero-order valence-corrected chi connectivity index (χ0v) is 23.7. The summed E-state index contributed by atoms with van der Waals surface area (Å²) in [6.45, 7) is 7.78. The van der Waals surface area contributed by atoms with Gasteiger partial charge in [0.25, 0.3) is 5.91 Å². The summed E-state index contributed by atoms with van der Waals surface area (Å²) in [6, 6.07) is 3.53. The summed E-state index contributed by atoms with van der Waals surface area (Å²) in [7, 11) is -4.70. The summed E-state index contributed by atoms with van der Waals surface area (Å²) < 4.78 is 38.9. The van der Waals surface area contributed by atoms with Crippen molar-refractivity contribution >= 4 is 40.0 Å². The van der Waals surface area contributed by atoms with E-state index < -0.39 is 59.3 Å². The Bertz CT molecular complexity index is 1370. The van der Waals surface area contributed by atoms with Gasteiger partial charge in [0, 0.05) is 5.02 Å². The van der Waals surface area contributed by atoms with E-state index in [4.69, 9.17) is 26.3 Å². The fourth-order valence-electron chi connectivity index (χ4n) is 4.88. The first-order valence-corrected chi connectivity index (χ1v) is 14.4. The number of carbonyl (C=O) groups is 1. The number of imidazole rings is 1. The number of nitrogens with one attached hydrogen (secondary N) is 1. The molecule has 4 rings (SSSR count). The molecule has 1 saturated heterocycles. The van der Waals surface area contributed by atoms with Crippen LogP contribution in [0.4, 0.5) is 5.82 Å². The molecule has 2 aromatic rings. The number of phenols is 1. The molecule has 3 heterocycles. The standard InChI is InChI=1S/C23H32ClN7O8S/c1-4-31(5-2,6-3)30-12-27-21-17(20(30)25)26-11-29(21)23-19(34)18(33)16(39-23)10-38-40(36,37)28-22(35)14-9-13(24)7-8-15(14)32/h7-9,11-12,16,18-20,23,33-34H,4-6,10,25H2,1-3H3,(H-,28,32,35)/p+1/t16-,18?,19?,20?,23-/m1/s1. The number of rotatable bonds is 10. The number of aromatic hydroxyl groups is 1. The first-order valence-electron chi connectivity index (χ1n) is 12.6. The van der Waals surface area contributed by atoms with Crippen LogP contribution in [0.1, 0.15) is 49.2 Å². The van der Waals surface area contributed by atoms with Crippen molar-refractivity contribution in [3.63, 3.8) is 0 Å². The van der Waals surface area contributed by atoms with Gasteiger partial charge in [-0.15, -0.1) is 0 Å². The first kappa shape index (κ1) is 30.1. The van der Waals surface area contributed by atoms with E-state index in [0.717, 1.165) is 31.8 Å². The van der Waals surface area contributed by atoms with Crippen LogP contribution in [0.15, 0.2) is 29.5 Å². The lowest BCUT2D eigenvalue weighted by Crippen LogP contribution is -2.62. The van der Waals surface area contributed by atoms with Gasteiger partial charge in [-0.05, 0) is 39.0 Å². The number of ether oxygens (including phenoxy) is 1. The highest BCUT2D eigenvalue weighted by Gasteiger charge is 2.47. The highest BCUT2D eigenvalue weighted by atomic mass is 35.5. The molecule has 15 nitrogen and oxygen atoms in total. The highest BCUT2D eigenvalue weighted by Crippen LogP contribution is 2.38.